The van der Waals surface area contributed by atoms with Gasteiger partial charge in [0.05, 0.1) is 6.04 Å². The smallest absolute Gasteiger partial charge is 0.199 e. The van der Waals surface area contributed by atoms with Gasteiger partial charge in [-0.1, -0.05) is 24.3 Å². The zero-order chi connectivity index (χ0) is 11.8. The van der Waals surface area contributed by atoms with Crippen molar-refractivity contribution in [3.8, 4) is 0 Å². The van der Waals surface area contributed by atoms with Gasteiger partial charge in [-0.3, -0.25) is 0 Å². The number of hydrogen-bond donors (Lipinski definition) is 0. The zero-order valence-electron chi connectivity index (χ0n) is 9.39. The number of nitrogens with zero attached hydrogens (tertiary/aromatic N) is 2. The summed E-state index contributed by atoms with van der Waals surface area (Å²) in [6.07, 6.45) is 0. The number of halogens is 1. The van der Waals surface area contributed by atoms with Crippen molar-refractivity contribution in [2.75, 3.05) is 0 Å². The molecule has 1 heterocycles. The monoisotopic (exact) mass is 242 g/mol. The number of benzene rings is 1. The first-order chi connectivity index (χ1) is 7.49. The van der Waals surface area contributed by atoms with E-state index in [0.717, 1.165) is 11.1 Å². The highest BCUT2D eigenvalue weighted by molar-refractivity contribution is 7.86. The first kappa shape index (κ1) is 11.5. The molecule has 0 fully saturated rings. The van der Waals surface area contributed by atoms with Crippen LogP contribution < -0.4 is 0 Å². The van der Waals surface area contributed by atoms with E-state index in [4.69, 9.17) is 0 Å². The van der Waals surface area contributed by atoms with Gasteiger partial charge in [-0.05, 0) is 25.0 Å². The molecule has 0 aliphatic carbocycles. The van der Waals surface area contributed by atoms with Crippen LogP contribution in [-0.4, -0.2) is 14.6 Å². The van der Waals surface area contributed by atoms with Crippen LogP contribution in [0.25, 0.3) is 0 Å². The molecule has 0 N–H and O–H groups in total. The maximum absolute atomic E-state index is 13.9. The van der Waals surface area contributed by atoms with Gasteiger partial charge >= 0.3 is 0 Å². The van der Waals surface area contributed by atoms with Crippen LogP contribution >= 0.6 is 0 Å². The van der Waals surface area contributed by atoms with E-state index in [1.165, 1.54) is 4.31 Å². The van der Waals surface area contributed by atoms with Crippen molar-refractivity contribution in [2.45, 2.75) is 33.0 Å². The Kier molecular flexibility index (Phi) is 2.99. The summed E-state index contributed by atoms with van der Waals surface area (Å²) in [7, 11) is -3.72. The van der Waals surface area contributed by atoms with Gasteiger partial charge in [0.15, 0.2) is 0 Å². The highest BCUT2D eigenvalue weighted by Gasteiger charge is 2.27. The summed E-state index contributed by atoms with van der Waals surface area (Å²) in [5.41, 5.74) is 2.07. The van der Waals surface area contributed by atoms with Crippen molar-refractivity contribution >= 4 is 10.3 Å². The Bertz CT molecular complexity index is 481. The molecule has 1 unspecified atom stereocenters. The minimum Gasteiger partial charge on any atom is -0.199 e. The Balaban J connectivity index is 2.27. The van der Waals surface area contributed by atoms with Crippen molar-refractivity contribution in [1.82, 2.24) is 4.31 Å². The predicted octanol–water partition coefficient (Wildman–Crippen LogP) is 2.68. The highest BCUT2D eigenvalue weighted by atomic mass is 32.3. The Morgan fingerprint density at radius 1 is 1.31 bits per heavy atom. The molecule has 0 saturated carbocycles. The Morgan fingerprint density at radius 2 is 1.81 bits per heavy atom. The molecule has 1 aromatic carbocycles. The second-order valence-corrected chi connectivity index (χ2v) is 5.79. The normalized spacial score (nSPS) is 19.5. The Hall–Kier alpha value is -0.940. The lowest BCUT2D eigenvalue weighted by Gasteiger charge is -2.13. The van der Waals surface area contributed by atoms with Crippen LogP contribution in [-0.2, 0) is 23.4 Å². The lowest BCUT2D eigenvalue weighted by atomic mass is 10.1. The number of hydrogen-bond acceptors (Lipinski definition) is 2. The SMILES string of the molecule is CC(C)N=S(=O)(F)N1Cc2ccccc2C1. The molecule has 88 valence electrons. The van der Waals surface area contributed by atoms with E-state index < -0.39 is 10.3 Å². The fourth-order valence-corrected chi connectivity index (χ4v) is 3.04. The lowest BCUT2D eigenvalue weighted by molar-refractivity contribution is 0.436. The molecule has 1 aromatic rings. The first-order valence-electron chi connectivity index (χ1n) is 5.27. The van der Waals surface area contributed by atoms with Crippen molar-refractivity contribution in [2.24, 2.45) is 4.36 Å². The van der Waals surface area contributed by atoms with Gasteiger partial charge < -0.3 is 0 Å². The number of rotatable bonds is 2. The fourth-order valence-electron chi connectivity index (χ4n) is 1.79. The molecular weight excluding hydrogens is 227 g/mol. The fraction of sp³-hybridized carbons (Fsp3) is 0.455. The maximum atomic E-state index is 13.9. The molecule has 0 amide bonds. The average Bonchev–Trinajstić information content (AvgIpc) is 2.59. The molecule has 5 heteroatoms. The van der Waals surface area contributed by atoms with Gasteiger partial charge in [-0.2, -0.15) is 12.9 Å². The molecule has 1 atom stereocenters. The molecule has 0 saturated heterocycles. The highest BCUT2D eigenvalue weighted by Crippen LogP contribution is 2.26. The van der Waals surface area contributed by atoms with Crippen molar-refractivity contribution in [1.29, 1.82) is 0 Å². The topological polar surface area (TPSA) is 32.7 Å². The van der Waals surface area contributed by atoms with Gasteiger partial charge in [0, 0.05) is 13.1 Å². The van der Waals surface area contributed by atoms with Gasteiger partial charge in [0.25, 0.3) is 10.3 Å². The van der Waals surface area contributed by atoms with Crippen LogP contribution in [0.15, 0.2) is 28.6 Å². The van der Waals surface area contributed by atoms with Gasteiger partial charge in [0.2, 0.25) is 0 Å². The van der Waals surface area contributed by atoms with E-state index in [-0.39, 0.29) is 6.04 Å². The summed E-state index contributed by atoms with van der Waals surface area (Å²) in [4.78, 5) is 0. The van der Waals surface area contributed by atoms with Crippen LogP contribution in [0.4, 0.5) is 3.89 Å². The third-order valence-corrected chi connectivity index (χ3v) is 4.05. The van der Waals surface area contributed by atoms with E-state index in [1.807, 2.05) is 24.3 Å². The van der Waals surface area contributed by atoms with E-state index in [1.54, 1.807) is 13.8 Å². The second-order valence-electron chi connectivity index (χ2n) is 4.20. The standard InChI is InChI=1S/C11H15FN2OS/c1-9(2)13-16(12,15)14-7-10-5-3-4-6-11(10)8-14/h3-6,9H,7-8H2,1-2H3. The summed E-state index contributed by atoms with van der Waals surface area (Å²) in [6, 6.07) is 7.41. The molecule has 1 aliphatic rings. The molecule has 16 heavy (non-hydrogen) atoms. The molecule has 2 rings (SSSR count). The van der Waals surface area contributed by atoms with E-state index in [0.29, 0.717) is 13.1 Å². The van der Waals surface area contributed by atoms with Crippen LogP contribution in [0.3, 0.4) is 0 Å². The summed E-state index contributed by atoms with van der Waals surface area (Å²) in [5.74, 6) is 0. The van der Waals surface area contributed by atoms with Crippen LogP contribution in [0.5, 0.6) is 0 Å². The summed E-state index contributed by atoms with van der Waals surface area (Å²) in [6.45, 7) is 4.20. The van der Waals surface area contributed by atoms with Crippen LogP contribution in [0.1, 0.15) is 25.0 Å². The van der Waals surface area contributed by atoms with Crippen molar-refractivity contribution in [3.63, 3.8) is 0 Å². The van der Waals surface area contributed by atoms with E-state index >= 15 is 0 Å². The summed E-state index contributed by atoms with van der Waals surface area (Å²) < 4.78 is 30.6. The van der Waals surface area contributed by atoms with Crippen LogP contribution in [0, 0.1) is 0 Å². The minimum atomic E-state index is -3.72. The number of fused-ring (bicyclic) bond motifs is 1. The summed E-state index contributed by atoms with van der Waals surface area (Å²) >= 11 is 0. The average molecular weight is 242 g/mol. The summed E-state index contributed by atoms with van der Waals surface area (Å²) in [5, 5.41) is 0. The molecule has 0 aromatic heterocycles. The largest absolute Gasteiger partial charge is 0.271 e. The second kappa shape index (κ2) is 4.14. The molecule has 0 bridgehead atoms. The molecule has 0 spiro atoms. The van der Waals surface area contributed by atoms with Gasteiger partial charge in [0.1, 0.15) is 0 Å². The molecule has 0 radical (unpaired) electrons. The minimum absolute atomic E-state index is 0.263. The van der Waals surface area contributed by atoms with Crippen molar-refractivity contribution in [3.05, 3.63) is 35.4 Å². The predicted molar refractivity (Wildman–Crippen MR) is 62.5 cm³/mol. The molecular formula is C11H15FN2OS. The zero-order valence-corrected chi connectivity index (χ0v) is 10.2. The molecule has 1 aliphatic heterocycles. The first-order valence-corrected chi connectivity index (χ1v) is 6.64. The van der Waals surface area contributed by atoms with Gasteiger partial charge in [-0.15, -0.1) is 3.89 Å². The quantitative estimate of drug-likeness (QED) is 0.734. The molecule has 3 nitrogen and oxygen atoms in total. The third kappa shape index (κ3) is 2.25. The van der Waals surface area contributed by atoms with Crippen molar-refractivity contribution < 1.29 is 8.09 Å². The van der Waals surface area contributed by atoms with E-state index in [2.05, 4.69) is 4.36 Å². The third-order valence-electron chi connectivity index (χ3n) is 2.47. The Morgan fingerprint density at radius 3 is 2.25 bits per heavy atom. The van der Waals surface area contributed by atoms with E-state index in [9.17, 15) is 8.09 Å². The Labute approximate surface area is 95.9 Å². The maximum Gasteiger partial charge on any atom is 0.271 e. The van der Waals surface area contributed by atoms with Crippen LogP contribution in [0.2, 0.25) is 0 Å². The van der Waals surface area contributed by atoms with Gasteiger partial charge in [-0.25, -0.2) is 0 Å². The lowest BCUT2D eigenvalue weighted by Crippen LogP contribution is -2.22.